The van der Waals surface area contributed by atoms with E-state index in [4.69, 9.17) is 0 Å². The fraction of sp³-hybridized carbons (Fsp3) is 1.00. The standard InChI is InChI=1S/C3H7O2.Li.Na.H/c1-5-3-2-4;;;/h2-3H2,1H3;;;/q-1;2*+1;-1. The molecule has 0 unspecified atom stereocenters. The summed E-state index contributed by atoms with van der Waals surface area (Å²) in [6.45, 7) is 0.205. The molecule has 2 nitrogen and oxygen atoms in total. The van der Waals surface area contributed by atoms with E-state index in [2.05, 4.69) is 4.74 Å². The van der Waals surface area contributed by atoms with Gasteiger partial charge in [-0.2, -0.15) is 0 Å². The molecule has 0 atom stereocenters. The van der Waals surface area contributed by atoms with Crippen LogP contribution in [0.15, 0.2) is 0 Å². The van der Waals surface area contributed by atoms with Crippen molar-refractivity contribution in [3.63, 3.8) is 0 Å². The summed E-state index contributed by atoms with van der Waals surface area (Å²) in [6.07, 6.45) is 0. The molecule has 0 amide bonds. The van der Waals surface area contributed by atoms with Gasteiger partial charge in [-0.05, 0) is 0 Å². The van der Waals surface area contributed by atoms with Crippen molar-refractivity contribution in [2.24, 2.45) is 0 Å². The average Bonchev–Trinajstić information content (AvgIpc) is 1.41. The molecule has 4 heteroatoms. The molecule has 0 aromatic rings. The molecule has 0 saturated carbocycles. The van der Waals surface area contributed by atoms with E-state index in [0.717, 1.165) is 0 Å². The summed E-state index contributed by atoms with van der Waals surface area (Å²) in [4.78, 5) is 0. The summed E-state index contributed by atoms with van der Waals surface area (Å²) < 4.78 is 4.38. The first-order valence-corrected chi connectivity index (χ1v) is 1.49. The number of hydrogen-bond donors (Lipinski definition) is 0. The maximum Gasteiger partial charge on any atom is 1.00 e. The Balaban J connectivity index is -0.0000000267. The van der Waals surface area contributed by atoms with Crippen molar-refractivity contribution in [2.75, 3.05) is 20.3 Å². The van der Waals surface area contributed by atoms with Gasteiger partial charge in [0.1, 0.15) is 0 Å². The minimum atomic E-state index is -0.128. The number of rotatable bonds is 2. The van der Waals surface area contributed by atoms with Crippen molar-refractivity contribution < 1.29 is 59.7 Å². The summed E-state index contributed by atoms with van der Waals surface area (Å²) in [7, 11) is 1.51. The van der Waals surface area contributed by atoms with Crippen LogP contribution in [0.2, 0.25) is 0 Å². The van der Waals surface area contributed by atoms with Gasteiger partial charge >= 0.3 is 48.4 Å². The second-order valence-electron chi connectivity index (χ2n) is 0.697. The zero-order valence-corrected chi connectivity index (χ0v) is 7.23. The number of methoxy groups -OCH3 is 1. The third-order valence-electron chi connectivity index (χ3n) is 0.287. The predicted molar refractivity (Wildman–Crippen MR) is 17.9 cm³/mol. The van der Waals surface area contributed by atoms with Crippen molar-refractivity contribution in [2.45, 2.75) is 0 Å². The van der Waals surface area contributed by atoms with Gasteiger partial charge in [-0.15, -0.1) is 6.61 Å². The SMILES string of the molecule is COCC[O-].[H-].[Li+].[Na+]. The Kier molecular flexibility index (Phi) is 35.3. The Morgan fingerprint density at radius 3 is 2.14 bits per heavy atom. The Hall–Kier alpha value is 1.52. The van der Waals surface area contributed by atoms with Crippen LogP contribution in [-0.2, 0) is 4.74 Å². The molecule has 0 fully saturated rings. The van der Waals surface area contributed by atoms with Crippen LogP contribution in [0.3, 0.4) is 0 Å². The van der Waals surface area contributed by atoms with Gasteiger partial charge in [0.2, 0.25) is 0 Å². The summed E-state index contributed by atoms with van der Waals surface area (Å²) in [5.41, 5.74) is 0. The zero-order valence-electron chi connectivity index (χ0n) is 6.23. The molecule has 0 aliphatic heterocycles. The van der Waals surface area contributed by atoms with E-state index < -0.39 is 0 Å². The van der Waals surface area contributed by atoms with Gasteiger partial charge in [0.05, 0.1) is 0 Å². The van der Waals surface area contributed by atoms with Gasteiger partial charge in [0, 0.05) is 13.7 Å². The van der Waals surface area contributed by atoms with E-state index in [1.54, 1.807) is 0 Å². The van der Waals surface area contributed by atoms with Crippen molar-refractivity contribution >= 4 is 0 Å². The van der Waals surface area contributed by atoms with Gasteiger partial charge < -0.3 is 11.3 Å². The molecule has 0 aliphatic carbocycles. The predicted octanol–water partition coefficient (Wildman–Crippen LogP) is -6.89. The van der Waals surface area contributed by atoms with E-state index in [1.807, 2.05) is 0 Å². The van der Waals surface area contributed by atoms with Gasteiger partial charge in [-0.3, -0.25) is 0 Å². The van der Waals surface area contributed by atoms with Crippen LogP contribution < -0.4 is 53.5 Å². The van der Waals surface area contributed by atoms with Crippen LogP contribution in [-0.4, -0.2) is 20.3 Å². The van der Waals surface area contributed by atoms with Crippen molar-refractivity contribution in [1.29, 1.82) is 0 Å². The van der Waals surface area contributed by atoms with Crippen LogP contribution in [0.25, 0.3) is 0 Å². The molecular weight excluding hydrogens is 98.0 g/mol. The molecule has 0 N–H and O–H groups in total. The second kappa shape index (κ2) is 15.6. The maximum atomic E-state index is 9.40. The molecule has 0 spiro atoms. The fourth-order valence-electron chi connectivity index (χ4n) is 0.0833. The van der Waals surface area contributed by atoms with E-state index in [1.165, 1.54) is 7.11 Å². The summed E-state index contributed by atoms with van der Waals surface area (Å²) in [5, 5.41) is 9.40. The Labute approximate surface area is 79.6 Å². The molecule has 0 bridgehead atoms. The molecule has 0 aliphatic rings. The molecule has 0 radical (unpaired) electrons. The summed E-state index contributed by atoms with van der Waals surface area (Å²) in [5.74, 6) is 0. The normalized spacial score (nSPS) is 6.00. The van der Waals surface area contributed by atoms with E-state index in [9.17, 15) is 5.11 Å². The van der Waals surface area contributed by atoms with Gasteiger partial charge in [0.25, 0.3) is 0 Å². The van der Waals surface area contributed by atoms with Gasteiger partial charge in [-0.1, -0.05) is 0 Å². The van der Waals surface area contributed by atoms with E-state index >= 15 is 0 Å². The average molecular weight is 106 g/mol. The van der Waals surface area contributed by atoms with Crippen molar-refractivity contribution in [1.82, 2.24) is 0 Å². The largest absolute Gasteiger partial charge is 1.00 e. The third-order valence-corrected chi connectivity index (χ3v) is 0.287. The monoisotopic (exact) mass is 106 g/mol. The molecule has 7 heavy (non-hydrogen) atoms. The van der Waals surface area contributed by atoms with Crippen LogP contribution >= 0.6 is 0 Å². The molecular formula is C3H8LiNaO2. The Morgan fingerprint density at radius 1 is 1.71 bits per heavy atom. The molecule has 0 rings (SSSR count). The Bertz CT molecular complexity index is 24.8. The molecule has 0 aromatic heterocycles. The van der Waals surface area contributed by atoms with Crippen molar-refractivity contribution in [3.05, 3.63) is 0 Å². The summed E-state index contributed by atoms with van der Waals surface area (Å²) >= 11 is 0. The molecule has 0 aromatic carbocycles. The van der Waals surface area contributed by atoms with Gasteiger partial charge in [-0.25, -0.2) is 0 Å². The van der Waals surface area contributed by atoms with Gasteiger partial charge in [0.15, 0.2) is 0 Å². The minimum Gasteiger partial charge on any atom is -1.00 e. The molecule has 0 saturated heterocycles. The first-order valence-electron chi connectivity index (χ1n) is 1.49. The van der Waals surface area contributed by atoms with Crippen LogP contribution in [0, 0.1) is 0 Å². The Morgan fingerprint density at radius 2 is 2.14 bits per heavy atom. The molecule has 34 valence electrons. The summed E-state index contributed by atoms with van der Waals surface area (Å²) in [6, 6.07) is 0. The first kappa shape index (κ1) is 15.8. The van der Waals surface area contributed by atoms with Crippen LogP contribution in [0.4, 0.5) is 0 Å². The van der Waals surface area contributed by atoms with Crippen LogP contribution in [0.5, 0.6) is 0 Å². The maximum absolute atomic E-state index is 9.40. The minimum absolute atomic E-state index is 0. The van der Waals surface area contributed by atoms with E-state index in [-0.39, 0.29) is 56.5 Å². The molecule has 0 heterocycles. The number of hydrogen-bond acceptors (Lipinski definition) is 2. The third kappa shape index (κ3) is 18.5. The zero-order chi connectivity index (χ0) is 4.12. The fourth-order valence-corrected chi connectivity index (χ4v) is 0.0833. The quantitative estimate of drug-likeness (QED) is 0.328. The number of ether oxygens (including phenoxy) is 1. The van der Waals surface area contributed by atoms with Crippen LogP contribution in [0.1, 0.15) is 1.43 Å². The first-order chi connectivity index (χ1) is 2.41. The van der Waals surface area contributed by atoms with E-state index in [0.29, 0.717) is 6.61 Å². The van der Waals surface area contributed by atoms with Crippen molar-refractivity contribution in [3.8, 4) is 0 Å². The smallest absolute Gasteiger partial charge is 1.00 e. The second-order valence-corrected chi connectivity index (χ2v) is 0.697. The topological polar surface area (TPSA) is 32.3 Å².